The Kier molecular flexibility index (Phi) is 7.30. The summed E-state index contributed by atoms with van der Waals surface area (Å²) >= 11 is 0. The summed E-state index contributed by atoms with van der Waals surface area (Å²) in [4.78, 5) is 19.5. The lowest BCUT2D eigenvalue weighted by atomic mass is 9.43. The Morgan fingerprint density at radius 2 is 1.74 bits per heavy atom. The van der Waals surface area contributed by atoms with Gasteiger partial charge in [-0.2, -0.15) is 0 Å². The van der Waals surface area contributed by atoms with Crippen LogP contribution in [0.5, 0.6) is 0 Å². The molecule has 35 heavy (non-hydrogen) atoms. The summed E-state index contributed by atoms with van der Waals surface area (Å²) in [6.07, 6.45) is -0.621. The van der Waals surface area contributed by atoms with Crippen molar-refractivity contribution in [1.29, 1.82) is 0 Å². The van der Waals surface area contributed by atoms with Crippen LogP contribution in [0.3, 0.4) is 0 Å². The van der Waals surface area contributed by atoms with Crippen molar-refractivity contribution < 1.29 is 46.3 Å². The van der Waals surface area contributed by atoms with Crippen LogP contribution < -0.4 is 0 Å². The van der Waals surface area contributed by atoms with Gasteiger partial charge in [-0.1, -0.05) is 13.8 Å². The molecule has 0 aromatic rings. The second-order valence-corrected chi connectivity index (χ2v) is 13.2. The van der Waals surface area contributed by atoms with Crippen molar-refractivity contribution in [1.82, 2.24) is 0 Å². The first-order chi connectivity index (χ1) is 16.0. The van der Waals surface area contributed by atoms with Crippen LogP contribution in [0.25, 0.3) is 0 Å². The van der Waals surface area contributed by atoms with Gasteiger partial charge in [0, 0.05) is 37.7 Å². The van der Waals surface area contributed by atoms with Crippen LogP contribution >= 0.6 is 7.82 Å². The first-order valence-electron chi connectivity index (χ1n) is 12.7. The fourth-order valence-corrected chi connectivity index (χ4v) is 9.24. The monoisotopic (exact) mass is 530 g/mol. The number of phosphoric acid groups is 1. The van der Waals surface area contributed by atoms with E-state index in [1.165, 1.54) is 7.11 Å². The third kappa shape index (κ3) is 4.97. The van der Waals surface area contributed by atoms with Gasteiger partial charge in [-0.05, 0) is 74.0 Å². The number of ether oxygens (including phenoxy) is 1. The van der Waals surface area contributed by atoms with E-state index in [2.05, 4.69) is 0 Å². The second kappa shape index (κ2) is 9.19. The number of hydrogen-bond acceptors (Lipinski definition) is 4. The van der Waals surface area contributed by atoms with Crippen LogP contribution in [0, 0.1) is 40.4 Å². The molecule has 0 radical (unpaired) electrons. The molecule has 0 saturated heterocycles. The van der Waals surface area contributed by atoms with Gasteiger partial charge in [0.25, 0.3) is 5.92 Å². The molecule has 0 heterocycles. The Hall–Kier alpha value is -0.250. The summed E-state index contributed by atoms with van der Waals surface area (Å²) in [6.45, 7) is 3.65. The summed E-state index contributed by atoms with van der Waals surface area (Å²) in [6, 6.07) is 0. The minimum absolute atomic E-state index is 0.0220. The first-order valence-corrected chi connectivity index (χ1v) is 14.3. The zero-order valence-corrected chi connectivity index (χ0v) is 21.5. The van der Waals surface area contributed by atoms with Gasteiger partial charge in [-0.25, -0.2) is 22.1 Å². The topological polar surface area (TPSA) is 96.2 Å². The maximum absolute atomic E-state index is 15.8. The Bertz CT molecular complexity index is 839. The van der Waals surface area contributed by atoms with Gasteiger partial charge in [-0.3, -0.25) is 4.52 Å². The number of alkyl halides is 4. The van der Waals surface area contributed by atoms with Crippen molar-refractivity contribution in [3.05, 3.63) is 0 Å². The third-order valence-corrected chi connectivity index (χ3v) is 11.0. The molecule has 0 amide bonds. The van der Waals surface area contributed by atoms with Crippen LogP contribution in [0.15, 0.2) is 0 Å². The molecule has 0 spiro atoms. The second-order valence-electron chi connectivity index (χ2n) is 12.0. The van der Waals surface area contributed by atoms with Crippen LogP contribution in [0.4, 0.5) is 17.6 Å². The van der Waals surface area contributed by atoms with E-state index in [0.717, 1.165) is 0 Å². The largest absolute Gasteiger partial charge is 0.469 e. The standard InChI is InChI=1S/C24H39F4O6P/c1-21-9-10-23(25,26)12-15(21)13-24(27,28)20-16-8-7-14(5-4-6-19(29)33-3)22(16,2)18(11-17(20)21)34-35(30,31)32/h14-20,29H,4-13H2,1-3H3,(H2,30,31,32). The molecule has 204 valence electrons. The van der Waals surface area contributed by atoms with Gasteiger partial charge >= 0.3 is 7.82 Å². The van der Waals surface area contributed by atoms with Crippen LogP contribution in [-0.4, -0.2) is 46.2 Å². The maximum atomic E-state index is 15.8. The number of halogens is 4. The summed E-state index contributed by atoms with van der Waals surface area (Å²) in [5.74, 6) is -9.31. The van der Waals surface area contributed by atoms with E-state index in [9.17, 15) is 28.2 Å². The molecule has 4 aliphatic carbocycles. The molecule has 0 bridgehead atoms. The van der Waals surface area contributed by atoms with Gasteiger partial charge in [0.05, 0.1) is 6.10 Å². The van der Waals surface area contributed by atoms with Gasteiger partial charge in [0.1, 0.15) is 0 Å². The average Bonchev–Trinajstić information content (AvgIpc) is 3.05. The molecule has 9 unspecified atom stereocenters. The van der Waals surface area contributed by atoms with Gasteiger partial charge in [0.2, 0.25) is 5.92 Å². The first kappa shape index (κ1) is 27.8. The van der Waals surface area contributed by atoms with Crippen LogP contribution in [-0.2, 0) is 13.8 Å². The van der Waals surface area contributed by atoms with Crippen molar-refractivity contribution in [3.8, 4) is 0 Å². The Labute approximate surface area is 204 Å². The number of phosphoric ester groups is 1. The predicted octanol–water partition coefficient (Wildman–Crippen LogP) is 5.75. The average molecular weight is 531 g/mol. The highest BCUT2D eigenvalue weighted by atomic mass is 31.2. The van der Waals surface area contributed by atoms with Crippen LogP contribution in [0.2, 0.25) is 0 Å². The minimum Gasteiger partial charge on any atom is -0.368 e. The van der Waals surface area contributed by atoms with E-state index in [-0.39, 0.29) is 25.2 Å². The normalized spacial score (nSPS) is 45.3. The third-order valence-electron chi connectivity index (χ3n) is 10.4. The molecule has 4 saturated carbocycles. The Morgan fingerprint density at radius 3 is 2.37 bits per heavy atom. The highest BCUT2D eigenvalue weighted by Gasteiger charge is 2.71. The molecule has 6 nitrogen and oxygen atoms in total. The number of hydrogen-bond donors (Lipinski definition) is 3. The molecular formula is C24H39F4O6P. The van der Waals surface area contributed by atoms with Crippen molar-refractivity contribution in [2.75, 3.05) is 7.11 Å². The quantitative estimate of drug-likeness (QED) is 0.220. The molecule has 9 atom stereocenters. The van der Waals surface area contributed by atoms with Crippen molar-refractivity contribution in [3.63, 3.8) is 0 Å². The number of rotatable bonds is 7. The fourth-order valence-electron chi connectivity index (χ4n) is 8.60. The summed E-state index contributed by atoms with van der Waals surface area (Å²) in [7, 11) is -3.53. The zero-order chi connectivity index (χ0) is 26.0. The van der Waals surface area contributed by atoms with Gasteiger partial charge in [-0.15, -0.1) is 0 Å². The van der Waals surface area contributed by atoms with Crippen molar-refractivity contribution in [2.45, 2.75) is 102 Å². The van der Waals surface area contributed by atoms with Gasteiger partial charge in [0.15, 0.2) is 6.29 Å². The molecule has 0 aromatic heterocycles. The number of fused-ring (bicyclic) bond motifs is 5. The van der Waals surface area contributed by atoms with Crippen molar-refractivity contribution in [2.24, 2.45) is 40.4 Å². The van der Waals surface area contributed by atoms with E-state index < -0.39 is 79.4 Å². The number of aliphatic hydroxyl groups is 1. The van der Waals surface area contributed by atoms with E-state index in [1.54, 1.807) is 0 Å². The maximum Gasteiger partial charge on any atom is 0.469 e. The van der Waals surface area contributed by atoms with E-state index >= 15 is 8.78 Å². The Balaban J connectivity index is 1.69. The highest BCUT2D eigenvalue weighted by molar-refractivity contribution is 7.46. The molecular weight excluding hydrogens is 491 g/mol. The summed E-state index contributed by atoms with van der Waals surface area (Å²) < 4.78 is 82.4. The van der Waals surface area contributed by atoms with Gasteiger partial charge < -0.3 is 19.6 Å². The SMILES string of the molecule is COC(O)CCCC1CCC2C3C(CC(OP(=O)(O)O)C12C)C1(C)CCC(F)(F)CC1CC3(F)F. The van der Waals surface area contributed by atoms with E-state index in [0.29, 0.717) is 32.1 Å². The highest BCUT2D eigenvalue weighted by Crippen LogP contribution is 2.72. The van der Waals surface area contributed by atoms with E-state index in [1.807, 2.05) is 13.8 Å². The summed E-state index contributed by atoms with van der Waals surface area (Å²) in [5, 5.41) is 9.73. The summed E-state index contributed by atoms with van der Waals surface area (Å²) in [5.41, 5.74) is -1.65. The molecule has 3 N–H and O–H groups in total. The molecule has 4 aliphatic rings. The number of aliphatic hydroxyl groups excluding tert-OH is 1. The smallest absolute Gasteiger partial charge is 0.368 e. The minimum atomic E-state index is -4.93. The molecule has 4 rings (SSSR count). The van der Waals surface area contributed by atoms with Crippen LogP contribution in [0.1, 0.15) is 78.1 Å². The molecule has 0 aromatic carbocycles. The zero-order valence-electron chi connectivity index (χ0n) is 20.6. The predicted molar refractivity (Wildman–Crippen MR) is 120 cm³/mol. The lowest BCUT2D eigenvalue weighted by molar-refractivity contribution is -0.264. The fraction of sp³-hybridized carbons (Fsp3) is 1.00. The Morgan fingerprint density at radius 1 is 1.06 bits per heavy atom. The lowest BCUT2D eigenvalue weighted by Gasteiger charge is -2.64. The lowest BCUT2D eigenvalue weighted by Crippen LogP contribution is -2.64. The van der Waals surface area contributed by atoms with Crippen molar-refractivity contribution >= 4 is 7.82 Å². The number of methoxy groups -OCH3 is 1. The molecule has 11 heteroatoms. The molecule has 0 aliphatic heterocycles. The molecule has 4 fully saturated rings. The van der Waals surface area contributed by atoms with E-state index in [4.69, 9.17) is 9.26 Å².